The van der Waals surface area contributed by atoms with Crippen LogP contribution in [0.3, 0.4) is 0 Å². The number of hydrogen-bond acceptors (Lipinski definition) is 2. The molecule has 0 aromatic heterocycles. The number of benzene rings is 2. The quantitative estimate of drug-likeness (QED) is 0.725. The molecular formula is C19H18BrNO2. The largest absolute Gasteiger partial charge is 0.496 e. The maximum absolute atomic E-state index is 12.8. The Morgan fingerprint density at radius 3 is 2.74 bits per heavy atom. The second-order valence-corrected chi connectivity index (χ2v) is 6.33. The van der Waals surface area contributed by atoms with Crippen LogP contribution in [-0.4, -0.2) is 19.6 Å². The van der Waals surface area contributed by atoms with E-state index in [0.717, 1.165) is 40.0 Å². The van der Waals surface area contributed by atoms with Gasteiger partial charge in [-0.15, -0.1) is 0 Å². The molecular weight excluding hydrogens is 354 g/mol. The molecule has 0 atom stereocenters. The van der Waals surface area contributed by atoms with Gasteiger partial charge in [-0.2, -0.15) is 0 Å². The van der Waals surface area contributed by atoms with E-state index in [1.54, 1.807) is 7.11 Å². The summed E-state index contributed by atoms with van der Waals surface area (Å²) in [5, 5.41) is 0. The molecule has 1 aliphatic heterocycles. The molecule has 3 nitrogen and oxygen atoms in total. The predicted molar refractivity (Wildman–Crippen MR) is 97.7 cm³/mol. The number of fused-ring (bicyclic) bond motifs is 1. The monoisotopic (exact) mass is 371 g/mol. The molecule has 0 aliphatic carbocycles. The van der Waals surface area contributed by atoms with Crippen LogP contribution in [0.25, 0.3) is 11.6 Å². The molecule has 1 heterocycles. The fourth-order valence-electron chi connectivity index (χ4n) is 2.87. The Bertz CT molecular complexity index is 783. The van der Waals surface area contributed by atoms with Gasteiger partial charge in [0.05, 0.1) is 12.8 Å². The first-order valence-electron chi connectivity index (χ1n) is 7.62. The van der Waals surface area contributed by atoms with Crippen LogP contribution in [0.5, 0.6) is 5.75 Å². The summed E-state index contributed by atoms with van der Waals surface area (Å²) in [7, 11) is 1.64. The lowest BCUT2D eigenvalue weighted by Gasteiger charge is -2.15. The van der Waals surface area contributed by atoms with Crippen molar-refractivity contribution in [2.75, 3.05) is 18.6 Å². The van der Waals surface area contributed by atoms with Crippen LogP contribution < -0.4 is 9.64 Å². The van der Waals surface area contributed by atoms with E-state index in [9.17, 15) is 4.79 Å². The number of nitrogens with zero attached hydrogens (tertiary/aromatic N) is 1. The highest BCUT2D eigenvalue weighted by Crippen LogP contribution is 2.38. The molecule has 1 amide bonds. The number of ether oxygens (including phenoxy) is 1. The Kier molecular flexibility index (Phi) is 4.53. The first-order chi connectivity index (χ1) is 11.2. The van der Waals surface area contributed by atoms with E-state index in [0.29, 0.717) is 5.57 Å². The van der Waals surface area contributed by atoms with Crippen LogP contribution in [-0.2, 0) is 4.79 Å². The minimum absolute atomic E-state index is 0.0510. The number of para-hydroxylation sites is 1. The van der Waals surface area contributed by atoms with Gasteiger partial charge < -0.3 is 9.64 Å². The smallest absolute Gasteiger partial charge is 0.258 e. The number of carbonyl (C=O) groups is 1. The van der Waals surface area contributed by atoms with Crippen molar-refractivity contribution in [3.63, 3.8) is 0 Å². The lowest BCUT2D eigenvalue weighted by molar-refractivity contribution is -0.113. The Morgan fingerprint density at radius 1 is 1.22 bits per heavy atom. The summed E-state index contributed by atoms with van der Waals surface area (Å²) in [5.41, 5.74) is 3.57. The third kappa shape index (κ3) is 2.91. The van der Waals surface area contributed by atoms with Crippen LogP contribution >= 0.6 is 15.9 Å². The molecule has 0 N–H and O–H groups in total. The Morgan fingerprint density at radius 2 is 2.00 bits per heavy atom. The highest BCUT2D eigenvalue weighted by atomic mass is 79.9. The highest BCUT2D eigenvalue weighted by Gasteiger charge is 2.31. The van der Waals surface area contributed by atoms with E-state index in [1.165, 1.54) is 0 Å². The Hall–Kier alpha value is -2.07. The van der Waals surface area contributed by atoms with Gasteiger partial charge in [0.1, 0.15) is 5.75 Å². The van der Waals surface area contributed by atoms with Gasteiger partial charge in [-0.25, -0.2) is 0 Å². The maximum atomic E-state index is 12.8. The van der Waals surface area contributed by atoms with Gasteiger partial charge in [-0.1, -0.05) is 41.1 Å². The fourth-order valence-corrected chi connectivity index (χ4v) is 3.24. The third-order valence-corrected chi connectivity index (χ3v) is 4.39. The first kappa shape index (κ1) is 15.8. The van der Waals surface area contributed by atoms with Gasteiger partial charge in [0.15, 0.2) is 0 Å². The Labute approximate surface area is 144 Å². The standard InChI is InChI=1S/C19H18BrNO2/c1-3-10-21-17-7-5-4-6-15(17)16(19(21)22)12-13-11-14(20)8-9-18(13)23-2/h4-9,11-12H,3,10H2,1-2H3/b16-12-. The molecule has 2 aromatic carbocycles. The molecule has 3 rings (SSSR count). The van der Waals surface area contributed by atoms with Gasteiger partial charge in [0.2, 0.25) is 0 Å². The van der Waals surface area contributed by atoms with Gasteiger partial charge in [0.25, 0.3) is 5.91 Å². The number of carbonyl (C=O) groups excluding carboxylic acids is 1. The van der Waals surface area contributed by atoms with Crippen molar-refractivity contribution in [3.05, 3.63) is 58.1 Å². The molecule has 0 spiro atoms. The number of amides is 1. The summed E-state index contributed by atoms with van der Waals surface area (Å²) in [6.45, 7) is 2.80. The number of anilines is 1. The maximum Gasteiger partial charge on any atom is 0.258 e. The van der Waals surface area contributed by atoms with Gasteiger partial charge >= 0.3 is 0 Å². The molecule has 0 saturated heterocycles. The summed E-state index contributed by atoms with van der Waals surface area (Å²) >= 11 is 3.48. The predicted octanol–water partition coefficient (Wildman–Crippen LogP) is 4.75. The average molecular weight is 372 g/mol. The molecule has 0 bridgehead atoms. The summed E-state index contributed by atoms with van der Waals surface area (Å²) < 4.78 is 6.37. The lowest BCUT2D eigenvalue weighted by atomic mass is 10.0. The van der Waals surface area contributed by atoms with Crippen LogP contribution in [0, 0.1) is 0 Å². The van der Waals surface area contributed by atoms with Gasteiger partial charge in [-0.3, -0.25) is 4.79 Å². The fraction of sp³-hybridized carbons (Fsp3) is 0.211. The number of halogens is 1. The van der Waals surface area contributed by atoms with E-state index in [4.69, 9.17) is 4.74 Å². The zero-order valence-electron chi connectivity index (χ0n) is 13.2. The molecule has 1 aliphatic rings. The molecule has 0 saturated carbocycles. The number of hydrogen-bond donors (Lipinski definition) is 0. The van der Waals surface area contributed by atoms with Crippen LogP contribution in [0.4, 0.5) is 5.69 Å². The van der Waals surface area contributed by atoms with Crippen molar-refractivity contribution >= 4 is 39.2 Å². The second kappa shape index (κ2) is 6.59. The molecule has 2 aromatic rings. The average Bonchev–Trinajstić information content (AvgIpc) is 2.82. The van der Waals surface area contributed by atoms with Crippen molar-refractivity contribution in [2.45, 2.75) is 13.3 Å². The van der Waals surface area contributed by atoms with Crippen molar-refractivity contribution in [1.82, 2.24) is 0 Å². The van der Waals surface area contributed by atoms with E-state index in [2.05, 4.69) is 22.9 Å². The van der Waals surface area contributed by atoms with Crippen LogP contribution in [0.15, 0.2) is 46.9 Å². The first-order valence-corrected chi connectivity index (χ1v) is 8.41. The second-order valence-electron chi connectivity index (χ2n) is 5.42. The minimum Gasteiger partial charge on any atom is -0.496 e. The topological polar surface area (TPSA) is 29.5 Å². The van der Waals surface area contributed by atoms with Gasteiger partial charge in [0, 0.05) is 27.7 Å². The highest BCUT2D eigenvalue weighted by molar-refractivity contribution is 9.10. The zero-order chi connectivity index (χ0) is 16.4. The van der Waals surface area contributed by atoms with Crippen LogP contribution in [0.1, 0.15) is 24.5 Å². The van der Waals surface area contributed by atoms with Crippen molar-refractivity contribution in [2.24, 2.45) is 0 Å². The lowest BCUT2D eigenvalue weighted by Crippen LogP contribution is -2.26. The molecule has 118 valence electrons. The molecule has 23 heavy (non-hydrogen) atoms. The summed E-state index contributed by atoms with van der Waals surface area (Å²) in [6.07, 6.45) is 2.84. The van der Waals surface area contributed by atoms with E-state index in [-0.39, 0.29) is 5.91 Å². The minimum atomic E-state index is 0.0510. The van der Waals surface area contributed by atoms with Crippen LogP contribution in [0.2, 0.25) is 0 Å². The number of methoxy groups -OCH3 is 1. The molecule has 0 radical (unpaired) electrons. The summed E-state index contributed by atoms with van der Waals surface area (Å²) in [5.74, 6) is 0.801. The molecule has 0 fully saturated rings. The zero-order valence-corrected chi connectivity index (χ0v) is 14.8. The van der Waals surface area contributed by atoms with E-state index >= 15 is 0 Å². The number of rotatable bonds is 4. The van der Waals surface area contributed by atoms with Gasteiger partial charge in [-0.05, 0) is 36.8 Å². The van der Waals surface area contributed by atoms with E-state index in [1.807, 2.05) is 53.4 Å². The van der Waals surface area contributed by atoms with E-state index < -0.39 is 0 Å². The normalized spacial score (nSPS) is 15.2. The molecule has 0 unspecified atom stereocenters. The third-order valence-electron chi connectivity index (χ3n) is 3.90. The summed E-state index contributed by atoms with van der Waals surface area (Å²) in [4.78, 5) is 14.7. The molecule has 4 heteroatoms. The SMILES string of the molecule is CCCN1C(=O)/C(=C\c2cc(Br)ccc2OC)c2ccccc21. The summed E-state index contributed by atoms with van der Waals surface area (Å²) in [6, 6.07) is 13.7. The Balaban J connectivity index is 2.13. The van der Waals surface area contributed by atoms with Crippen molar-refractivity contribution < 1.29 is 9.53 Å². The van der Waals surface area contributed by atoms with Crippen molar-refractivity contribution in [1.29, 1.82) is 0 Å². The van der Waals surface area contributed by atoms with Crippen molar-refractivity contribution in [3.8, 4) is 5.75 Å².